The average Bonchev–Trinajstić information content (AvgIpc) is 3.48. The van der Waals surface area contributed by atoms with Crippen LogP contribution in [0.15, 0.2) is 28.0 Å². The molecule has 0 aliphatic carbocycles. The Labute approximate surface area is 195 Å². The number of carbonyl (C=O) groups excluding carboxylic acids is 3. The molecule has 3 rings (SSSR count). The van der Waals surface area contributed by atoms with E-state index in [1.807, 2.05) is 0 Å². The molecule has 33 heavy (non-hydrogen) atoms. The minimum absolute atomic E-state index is 0.00815. The van der Waals surface area contributed by atoms with E-state index in [4.69, 9.17) is 10.2 Å². The van der Waals surface area contributed by atoms with Crippen LogP contribution >= 0.6 is 11.8 Å². The topological polar surface area (TPSA) is 170 Å². The number of carbonyl (C=O) groups is 3. The molecule has 12 nitrogen and oxygen atoms in total. The number of likely N-dealkylation sites (N-methyl/N-ethyl adjacent to an activating group) is 1. The Balaban J connectivity index is 1.60. The van der Waals surface area contributed by atoms with Crippen molar-refractivity contribution in [1.29, 1.82) is 0 Å². The number of hydrogen-bond acceptors (Lipinski definition) is 9. The van der Waals surface area contributed by atoms with Gasteiger partial charge >= 0.3 is 0 Å². The first-order valence-electron chi connectivity index (χ1n) is 10.3. The van der Waals surface area contributed by atoms with Gasteiger partial charge in [-0.3, -0.25) is 19.0 Å². The van der Waals surface area contributed by atoms with Gasteiger partial charge in [-0.25, -0.2) is 8.42 Å². The van der Waals surface area contributed by atoms with Gasteiger partial charge in [0.15, 0.2) is 26.6 Å². The van der Waals surface area contributed by atoms with Crippen LogP contribution in [0.1, 0.15) is 19.8 Å². The van der Waals surface area contributed by atoms with Crippen LogP contribution in [0, 0.1) is 0 Å². The fourth-order valence-electron chi connectivity index (χ4n) is 3.36. The second-order valence-corrected chi connectivity index (χ2v) is 10.7. The van der Waals surface area contributed by atoms with Crippen LogP contribution < -0.4 is 11.1 Å². The number of aromatic nitrogens is 3. The number of nitrogens with two attached hydrogens (primary N) is 1. The molecule has 3 heterocycles. The van der Waals surface area contributed by atoms with E-state index in [9.17, 15) is 22.8 Å². The lowest BCUT2D eigenvalue weighted by molar-refractivity contribution is -0.134. The number of rotatable bonds is 11. The molecule has 0 radical (unpaired) electrons. The highest BCUT2D eigenvalue weighted by Gasteiger charge is 2.29. The molecule has 1 atom stereocenters. The molecule has 0 bridgehead atoms. The quantitative estimate of drug-likeness (QED) is 0.393. The molecular formula is C19H26N6O6S2. The van der Waals surface area contributed by atoms with Crippen LogP contribution in [0.3, 0.4) is 0 Å². The van der Waals surface area contributed by atoms with Gasteiger partial charge in [0.1, 0.15) is 0 Å². The maximum atomic E-state index is 12.7. The van der Waals surface area contributed by atoms with Gasteiger partial charge < -0.3 is 20.4 Å². The molecule has 1 aliphatic rings. The summed E-state index contributed by atoms with van der Waals surface area (Å²) in [5.41, 5.74) is 5.27. The molecule has 0 saturated carbocycles. The molecule has 0 aromatic carbocycles. The molecule has 3 N–H and O–H groups in total. The normalized spacial score (nSPS) is 17.1. The fraction of sp³-hybridized carbons (Fsp3) is 0.526. The number of nitrogens with zero attached hydrogens (tertiary/aromatic N) is 4. The van der Waals surface area contributed by atoms with E-state index in [-0.39, 0.29) is 42.7 Å². The number of thioether (sulfide) groups is 1. The van der Waals surface area contributed by atoms with E-state index in [1.165, 1.54) is 11.2 Å². The van der Waals surface area contributed by atoms with E-state index in [0.717, 1.165) is 11.8 Å². The van der Waals surface area contributed by atoms with Gasteiger partial charge in [-0.2, -0.15) is 0 Å². The van der Waals surface area contributed by atoms with E-state index < -0.39 is 27.7 Å². The predicted octanol–water partition coefficient (Wildman–Crippen LogP) is -0.343. The molecule has 14 heteroatoms. The van der Waals surface area contributed by atoms with Crippen molar-refractivity contribution >= 4 is 39.3 Å². The Morgan fingerprint density at radius 3 is 2.76 bits per heavy atom. The van der Waals surface area contributed by atoms with Crippen molar-refractivity contribution in [2.75, 3.05) is 30.3 Å². The maximum Gasteiger partial charge on any atom is 0.239 e. The van der Waals surface area contributed by atoms with Crippen molar-refractivity contribution < 1.29 is 27.2 Å². The molecule has 1 saturated heterocycles. The van der Waals surface area contributed by atoms with Crippen LogP contribution in [-0.4, -0.2) is 82.2 Å². The van der Waals surface area contributed by atoms with Crippen molar-refractivity contribution in [2.24, 2.45) is 5.73 Å². The van der Waals surface area contributed by atoms with E-state index in [1.54, 1.807) is 23.6 Å². The molecule has 1 aliphatic heterocycles. The second kappa shape index (κ2) is 10.8. The Bertz CT molecular complexity index is 1100. The first kappa shape index (κ1) is 24.8. The van der Waals surface area contributed by atoms with Crippen LogP contribution in [0.5, 0.6) is 0 Å². The standard InChI is InChI=1S/C19H26N6O6S2/c1-2-24(10-16(27)21-13-6-9-33(29,30)12-13)17(28)11-32-19-23-22-18(14-4-3-8-31-14)25(19)7-5-15(20)26/h3-4,8,13H,2,5-7,9-12H2,1H3,(H2,20,26)(H,21,27). The van der Waals surface area contributed by atoms with Crippen LogP contribution in [0.2, 0.25) is 0 Å². The number of primary amides is 1. The Morgan fingerprint density at radius 1 is 1.36 bits per heavy atom. The van der Waals surface area contributed by atoms with E-state index in [2.05, 4.69) is 15.5 Å². The fourth-order valence-corrected chi connectivity index (χ4v) is 5.90. The molecule has 1 fully saturated rings. The summed E-state index contributed by atoms with van der Waals surface area (Å²) in [4.78, 5) is 37.7. The molecule has 1 unspecified atom stereocenters. The lowest BCUT2D eigenvalue weighted by Gasteiger charge is -2.21. The van der Waals surface area contributed by atoms with Gasteiger partial charge in [-0.1, -0.05) is 11.8 Å². The summed E-state index contributed by atoms with van der Waals surface area (Å²) < 4.78 is 30.1. The second-order valence-electron chi connectivity index (χ2n) is 7.52. The average molecular weight is 499 g/mol. The Hall–Kier alpha value is -2.87. The van der Waals surface area contributed by atoms with Crippen LogP contribution in [-0.2, 0) is 30.8 Å². The van der Waals surface area contributed by atoms with Gasteiger partial charge in [-0.15, -0.1) is 10.2 Å². The number of sulfone groups is 1. The molecular weight excluding hydrogens is 472 g/mol. The summed E-state index contributed by atoms with van der Waals surface area (Å²) in [6.45, 7) is 2.11. The zero-order chi connectivity index (χ0) is 24.0. The smallest absolute Gasteiger partial charge is 0.239 e. The SMILES string of the molecule is CCN(CC(=O)NC1CCS(=O)(=O)C1)C(=O)CSc1nnc(-c2ccco2)n1CCC(N)=O. The van der Waals surface area contributed by atoms with Crippen molar-refractivity contribution in [3.05, 3.63) is 18.4 Å². The number of amides is 3. The highest BCUT2D eigenvalue weighted by atomic mass is 32.2. The summed E-state index contributed by atoms with van der Waals surface area (Å²) in [6.07, 6.45) is 1.93. The van der Waals surface area contributed by atoms with Crippen LogP contribution in [0.4, 0.5) is 0 Å². The minimum Gasteiger partial charge on any atom is -0.461 e. The first-order valence-corrected chi connectivity index (χ1v) is 13.1. The predicted molar refractivity (Wildman–Crippen MR) is 120 cm³/mol. The highest BCUT2D eigenvalue weighted by Crippen LogP contribution is 2.25. The monoisotopic (exact) mass is 498 g/mol. The van der Waals surface area contributed by atoms with Gasteiger partial charge in [-0.05, 0) is 25.5 Å². The zero-order valence-corrected chi connectivity index (χ0v) is 19.7. The lowest BCUT2D eigenvalue weighted by Crippen LogP contribution is -2.45. The van der Waals surface area contributed by atoms with E-state index in [0.29, 0.717) is 29.7 Å². The number of furan rings is 1. The highest BCUT2D eigenvalue weighted by molar-refractivity contribution is 7.99. The Kier molecular flexibility index (Phi) is 8.13. The van der Waals surface area contributed by atoms with Gasteiger partial charge in [0.2, 0.25) is 17.7 Å². The molecule has 2 aromatic heterocycles. The first-order chi connectivity index (χ1) is 15.7. The third-order valence-electron chi connectivity index (χ3n) is 5.03. The van der Waals surface area contributed by atoms with Gasteiger partial charge in [0.05, 0.1) is 30.1 Å². The van der Waals surface area contributed by atoms with Gasteiger partial charge in [0.25, 0.3) is 0 Å². The Morgan fingerprint density at radius 2 is 2.15 bits per heavy atom. The molecule has 0 spiro atoms. The largest absolute Gasteiger partial charge is 0.461 e. The van der Waals surface area contributed by atoms with Crippen molar-refractivity contribution in [3.63, 3.8) is 0 Å². The van der Waals surface area contributed by atoms with Crippen molar-refractivity contribution in [1.82, 2.24) is 25.0 Å². The van der Waals surface area contributed by atoms with Crippen LogP contribution in [0.25, 0.3) is 11.6 Å². The van der Waals surface area contributed by atoms with E-state index >= 15 is 0 Å². The zero-order valence-electron chi connectivity index (χ0n) is 18.1. The molecule has 3 amide bonds. The molecule has 180 valence electrons. The number of nitrogens with one attached hydrogen (secondary N) is 1. The van der Waals surface area contributed by atoms with Gasteiger partial charge in [0, 0.05) is 25.6 Å². The third-order valence-corrected chi connectivity index (χ3v) is 7.75. The third kappa shape index (κ3) is 6.81. The summed E-state index contributed by atoms with van der Waals surface area (Å²) in [5.74, 6) is -0.330. The summed E-state index contributed by atoms with van der Waals surface area (Å²) in [5, 5.41) is 11.3. The molecule has 2 aromatic rings. The maximum absolute atomic E-state index is 12.7. The minimum atomic E-state index is -3.11. The number of hydrogen-bond donors (Lipinski definition) is 2. The summed E-state index contributed by atoms with van der Waals surface area (Å²) in [7, 11) is -3.11. The lowest BCUT2D eigenvalue weighted by atomic mass is 10.2. The van der Waals surface area contributed by atoms with Crippen molar-refractivity contribution in [2.45, 2.75) is 37.5 Å². The summed E-state index contributed by atoms with van der Waals surface area (Å²) in [6, 6.07) is 2.98. The summed E-state index contributed by atoms with van der Waals surface area (Å²) >= 11 is 1.12. The van der Waals surface area contributed by atoms with Crippen molar-refractivity contribution in [3.8, 4) is 11.6 Å².